The molecule has 0 unspecified atom stereocenters. The lowest BCUT2D eigenvalue weighted by Crippen LogP contribution is -2.22. The van der Waals surface area contributed by atoms with Crippen LogP contribution < -0.4 is 5.32 Å². The summed E-state index contributed by atoms with van der Waals surface area (Å²) in [5.41, 5.74) is 2.50. The Bertz CT molecular complexity index is 1190. The first-order chi connectivity index (χ1) is 15.1. The zero-order chi connectivity index (χ0) is 21.6. The fourth-order valence-corrected chi connectivity index (χ4v) is 3.43. The van der Waals surface area contributed by atoms with Crippen LogP contribution in [-0.2, 0) is 17.8 Å². The predicted molar refractivity (Wildman–Crippen MR) is 113 cm³/mol. The molecule has 0 aliphatic rings. The van der Waals surface area contributed by atoms with Crippen LogP contribution in [0, 0.1) is 0 Å². The minimum absolute atomic E-state index is 0.228. The third kappa shape index (κ3) is 4.98. The molecule has 4 aromatic rings. The normalized spacial score (nSPS) is 10.6. The maximum Gasteiger partial charge on any atom is 0.337 e. The third-order valence-corrected chi connectivity index (χ3v) is 5.19. The van der Waals surface area contributed by atoms with Gasteiger partial charge in [-0.25, -0.2) is 9.78 Å². The van der Waals surface area contributed by atoms with Crippen LogP contribution in [0.15, 0.2) is 60.1 Å². The summed E-state index contributed by atoms with van der Waals surface area (Å²) < 4.78 is 4.68. The van der Waals surface area contributed by atoms with Crippen molar-refractivity contribution in [1.82, 2.24) is 30.5 Å². The highest BCUT2D eigenvalue weighted by molar-refractivity contribution is 7.09. The van der Waals surface area contributed by atoms with Gasteiger partial charge in [-0.3, -0.25) is 4.79 Å². The zero-order valence-corrected chi connectivity index (χ0v) is 17.4. The molecule has 0 radical (unpaired) electrons. The molecule has 156 valence electrons. The van der Waals surface area contributed by atoms with Crippen LogP contribution in [0.2, 0.25) is 0 Å². The monoisotopic (exact) mass is 434 g/mol. The second-order valence-corrected chi connectivity index (χ2v) is 7.50. The smallest absolute Gasteiger partial charge is 0.337 e. The van der Waals surface area contributed by atoms with Crippen LogP contribution in [0.4, 0.5) is 0 Å². The van der Waals surface area contributed by atoms with Gasteiger partial charge >= 0.3 is 5.97 Å². The van der Waals surface area contributed by atoms with Gasteiger partial charge in [0.15, 0.2) is 0 Å². The number of rotatable bonds is 7. The van der Waals surface area contributed by atoms with E-state index in [4.69, 9.17) is 0 Å². The number of hydrogen-bond donors (Lipinski definition) is 1. The maximum absolute atomic E-state index is 12.6. The first kappa shape index (κ1) is 20.4. The lowest BCUT2D eigenvalue weighted by molar-refractivity contribution is 0.0600. The van der Waals surface area contributed by atoms with E-state index < -0.39 is 5.97 Å². The lowest BCUT2D eigenvalue weighted by Gasteiger charge is -2.07. The predicted octanol–water partition coefficient (Wildman–Crippen LogP) is 2.56. The molecule has 0 bridgehead atoms. The van der Waals surface area contributed by atoms with Crippen molar-refractivity contribution < 1.29 is 14.3 Å². The summed E-state index contributed by atoms with van der Waals surface area (Å²) in [6.45, 7) is 0.770. The average Bonchev–Trinajstić information content (AvgIpc) is 3.50. The highest BCUT2D eigenvalue weighted by Gasteiger charge is 2.12. The van der Waals surface area contributed by atoms with Gasteiger partial charge in [0.2, 0.25) is 5.82 Å². The number of carbonyl (C=O) groups is 2. The van der Waals surface area contributed by atoms with Crippen molar-refractivity contribution in [2.75, 3.05) is 7.11 Å². The summed E-state index contributed by atoms with van der Waals surface area (Å²) in [5, 5.41) is 18.1. The summed E-state index contributed by atoms with van der Waals surface area (Å²) in [6.07, 6.45) is 1.73. The van der Waals surface area contributed by atoms with Crippen molar-refractivity contribution in [2.24, 2.45) is 0 Å². The van der Waals surface area contributed by atoms with Crippen LogP contribution in [0.1, 0.15) is 31.3 Å². The fourth-order valence-electron chi connectivity index (χ4n) is 2.84. The van der Waals surface area contributed by atoms with Crippen molar-refractivity contribution in [3.63, 3.8) is 0 Å². The standard InChI is InChI=1S/C21H18N6O3S/c1-30-21(29)15-7-5-14(6-8-15)12-23-20(28)17-4-2-3-16(11-17)19-24-26-27(25-19)13-18-22-9-10-31-18/h2-11H,12-13H2,1H3,(H,23,28). The fraction of sp³-hybridized carbons (Fsp3) is 0.143. The molecule has 4 rings (SSSR count). The summed E-state index contributed by atoms with van der Waals surface area (Å²) >= 11 is 1.52. The van der Waals surface area contributed by atoms with Crippen LogP contribution in [0.3, 0.4) is 0 Å². The summed E-state index contributed by atoms with van der Waals surface area (Å²) in [7, 11) is 1.33. The van der Waals surface area contributed by atoms with Gasteiger partial charge in [-0.05, 0) is 35.0 Å². The second kappa shape index (κ2) is 9.26. The molecule has 0 saturated carbocycles. The van der Waals surface area contributed by atoms with Crippen molar-refractivity contribution in [1.29, 1.82) is 0 Å². The largest absolute Gasteiger partial charge is 0.465 e. The summed E-state index contributed by atoms with van der Waals surface area (Å²) in [4.78, 5) is 29.8. The second-order valence-electron chi connectivity index (χ2n) is 6.52. The van der Waals surface area contributed by atoms with E-state index in [-0.39, 0.29) is 5.91 Å². The Morgan fingerprint density at radius 3 is 2.71 bits per heavy atom. The number of hydrogen-bond acceptors (Lipinski definition) is 8. The first-order valence-electron chi connectivity index (χ1n) is 9.34. The molecule has 0 atom stereocenters. The van der Waals surface area contributed by atoms with E-state index in [0.29, 0.717) is 35.6 Å². The van der Waals surface area contributed by atoms with Gasteiger partial charge in [-0.1, -0.05) is 24.3 Å². The third-order valence-electron chi connectivity index (χ3n) is 4.42. The highest BCUT2D eigenvalue weighted by atomic mass is 32.1. The summed E-state index contributed by atoms with van der Waals surface area (Å²) in [5.74, 6) is -0.191. The Hall–Kier alpha value is -3.92. The maximum atomic E-state index is 12.6. The Balaban J connectivity index is 1.40. The van der Waals surface area contributed by atoms with E-state index in [0.717, 1.165) is 10.6 Å². The topological polar surface area (TPSA) is 112 Å². The molecule has 0 aliphatic heterocycles. The number of esters is 1. The molecule has 1 N–H and O–H groups in total. The number of ether oxygens (including phenoxy) is 1. The minimum Gasteiger partial charge on any atom is -0.465 e. The molecule has 31 heavy (non-hydrogen) atoms. The van der Waals surface area contributed by atoms with Gasteiger partial charge in [-0.15, -0.1) is 21.5 Å². The molecular formula is C21H18N6O3S. The molecule has 0 fully saturated rings. The number of tetrazole rings is 1. The number of carbonyl (C=O) groups excluding carboxylic acids is 2. The molecule has 2 aromatic carbocycles. The molecule has 2 aromatic heterocycles. The molecule has 0 spiro atoms. The van der Waals surface area contributed by atoms with E-state index in [2.05, 4.69) is 30.4 Å². The van der Waals surface area contributed by atoms with Gasteiger partial charge in [0.25, 0.3) is 5.91 Å². The van der Waals surface area contributed by atoms with Crippen molar-refractivity contribution >= 4 is 23.2 Å². The van der Waals surface area contributed by atoms with Crippen molar-refractivity contribution in [3.8, 4) is 11.4 Å². The van der Waals surface area contributed by atoms with Crippen LogP contribution >= 0.6 is 11.3 Å². The zero-order valence-electron chi connectivity index (χ0n) is 16.6. The number of aromatic nitrogens is 5. The number of thiazole rings is 1. The van der Waals surface area contributed by atoms with E-state index in [1.807, 2.05) is 11.4 Å². The van der Waals surface area contributed by atoms with Crippen LogP contribution in [0.25, 0.3) is 11.4 Å². The molecular weight excluding hydrogens is 416 g/mol. The van der Waals surface area contributed by atoms with Crippen molar-refractivity contribution in [3.05, 3.63) is 81.8 Å². The van der Waals surface area contributed by atoms with Crippen LogP contribution in [0.5, 0.6) is 0 Å². The minimum atomic E-state index is -0.399. The number of benzene rings is 2. The Kier molecular flexibility index (Phi) is 6.08. The first-order valence-corrected chi connectivity index (χ1v) is 10.2. The van der Waals surface area contributed by atoms with Crippen LogP contribution in [-0.4, -0.2) is 44.2 Å². The molecule has 10 heteroatoms. The Morgan fingerprint density at radius 1 is 1.13 bits per heavy atom. The molecule has 0 saturated heterocycles. The van der Waals surface area contributed by atoms with Gasteiger partial charge in [0.1, 0.15) is 11.6 Å². The number of amides is 1. The highest BCUT2D eigenvalue weighted by Crippen LogP contribution is 2.16. The van der Waals surface area contributed by atoms with E-state index in [1.165, 1.54) is 23.2 Å². The molecule has 2 heterocycles. The van der Waals surface area contributed by atoms with Crippen molar-refractivity contribution in [2.45, 2.75) is 13.1 Å². The lowest BCUT2D eigenvalue weighted by atomic mass is 10.1. The van der Waals surface area contributed by atoms with E-state index >= 15 is 0 Å². The van der Waals surface area contributed by atoms with Gasteiger partial charge in [0.05, 0.1) is 12.7 Å². The quantitative estimate of drug-likeness (QED) is 0.445. The SMILES string of the molecule is COC(=O)c1ccc(CNC(=O)c2cccc(-c3nnn(Cc4nccs4)n3)c2)cc1. The average molecular weight is 434 g/mol. The molecule has 0 aliphatic carbocycles. The molecule has 9 nitrogen and oxygen atoms in total. The van der Waals surface area contributed by atoms with E-state index in [1.54, 1.807) is 48.7 Å². The van der Waals surface area contributed by atoms with Gasteiger partial charge < -0.3 is 10.1 Å². The Labute approximate surface area is 181 Å². The van der Waals surface area contributed by atoms with Gasteiger partial charge in [0, 0.05) is 29.2 Å². The number of methoxy groups -OCH3 is 1. The molecule has 1 amide bonds. The number of nitrogens with one attached hydrogen (secondary N) is 1. The van der Waals surface area contributed by atoms with E-state index in [9.17, 15) is 9.59 Å². The van der Waals surface area contributed by atoms with Gasteiger partial charge in [-0.2, -0.15) is 4.80 Å². The number of nitrogens with zero attached hydrogens (tertiary/aromatic N) is 5. The Morgan fingerprint density at radius 2 is 1.97 bits per heavy atom. The summed E-state index contributed by atoms with van der Waals surface area (Å²) in [6, 6.07) is 13.9.